The fourth-order valence-electron chi connectivity index (χ4n) is 3.59. The predicted molar refractivity (Wildman–Crippen MR) is 144 cm³/mol. The number of halogens is 1. The van der Waals surface area contributed by atoms with Crippen molar-refractivity contribution in [3.63, 3.8) is 0 Å². The topological polar surface area (TPSA) is 67.4 Å². The summed E-state index contributed by atoms with van der Waals surface area (Å²) < 4.78 is 16.9. The molecular weight excluding hydrogens is 531 g/mol. The number of nitrogens with one attached hydrogen (secondary N) is 2. The van der Waals surface area contributed by atoms with Gasteiger partial charge in [-0.05, 0) is 37.1 Å². The molecule has 2 aromatic rings. The van der Waals surface area contributed by atoms with Gasteiger partial charge in [-0.25, -0.2) is 4.99 Å². The first-order valence-electron chi connectivity index (χ1n) is 11.4. The molecule has 1 aliphatic heterocycles. The van der Waals surface area contributed by atoms with Crippen LogP contribution in [0.2, 0.25) is 0 Å². The van der Waals surface area contributed by atoms with Crippen LogP contribution in [0.5, 0.6) is 11.5 Å². The SMILES string of the molecule is CCNC(=NCc1ccccc1CN1CCOCC1)NCC(C)Oc1ccccc1OC.I. The summed E-state index contributed by atoms with van der Waals surface area (Å²) in [6, 6.07) is 16.2. The van der Waals surface area contributed by atoms with Gasteiger partial charge in [0.2, 0.25) is 0 Å². The van der Waals surface area contributed by atoms with Gasteiger partial charge in [-0.3, -0.25) is 4.90 Å². The Morgan fingerprint density at radius 1 is 1.03 bits per heavy atom. The molecule has 0 saturated carbocycles. The molecule has 182 valence electrons. The van der Waals surface area contributed by atoms with Crippen LogP contribution in [0.15, 0.2) is 53.5 Å². The van der Waals surface area contributed by atoms with Crippen LogP contribution in [0.4, 0.5) is 0 Å². The second-order valence-electron chi connectivity index (χ2n) is 7.81. The molecule has 0 amide bonds. The molecule has 2 N–H and O–H groups in total. The molecule has 1 fully saturated rings. The van der Waals surface area contributed by atoms with Crippen molar-refractivity contribution < 1.29 is 14.2 Å². The lowest BCUT2D eigenvalue weighted by atomic mass is 10.1. The summed E-state index contributed by atoms with van der Waals surface area (Å²) >= 11 is 0. The molecule has 1 unspecified atom stereocenters. The molecule has 33 heavy (non-hydrogen) atoms. The summed E-state index contributed by atoms with van der Waals surface area (Å²) in [6.07, 6.45) is -0.0521. The molecular formula is C25H37IN4O3. The van der Waals surface area contributed by atoms with Crippen LogP contribution in [0.1, 0.15) is 25.0 Å². The molecule has 0 radical (unpaired) electrons. The zero-order valence-corrected chi connectivity index (χ0v) is 22.2. The predicted octanol–water partition coefficient (Wildman–Crippen LogP) is 3.67. The molecule has 7 nitrogen and oxygen atoms in total. The Morgan fingerprint density at radius 2 is 1.70 bits per heavy atom. The molecule has 0 aliphatic carbocycles. The highest BCUT2D eigenvalue weighted by atomic mass is 127. The molecule has 0 bridgehead atoms. The van der Waals surface area contributed by atoms with E-state index in [-0.39, 0.29) is 30.1 Å². The number of guanidine groups is 1. The lowest BCUT2D eigenvalue weighted by Crippen LogP contribution is -2.41. The molecule has 2 aromatic carbocycles. The van der Waals surface area contributed by atoms with Crippen LogP contribution < -0.4 is 20.1 Å². The van der Waals surface area contributed by atoms with Gasteiger partial charge in [0, 0.05) is 26.2 Å². The summed E-state index contributed by atoms with van der Waals surface area (Å²) in [5, 5.41) is 6.72. The Balaban J connectivity index is 0.00000385. The quantitative estimate of drug-likeness (QED) is 0.259. The number of morpholine rings is 1. The smallest absolute Gasteiger partial charge is 0.191 e. The van der Waals surface area contributed by atoms with Crippen molar-refractivity contribution >= 4 is 29.9 Å². The van der Waals surface area contributed by atoms with E-state index >= 15 is 0 Å². The molecule has 1 aliphatic rings. The van der Waals surface area contributed by atoms with Crippen LogP contribution in [-0.4, -0.2) is 63.5 Å². The van der Waals surface area contributed by atoms with E-state index in [4.69, 9.17) is 19.2 Å². The lowest BCUT2D eigenvalue weighted by Gasteiger charge is -2.27. The van der Waals surface area contributed by atoms with Crippen LogP contribution in [0, 0.1) is 0 Å². The summed E-state index contributed by atoms with van der Waals surface area (Å²) in [7, 11) is 1.65. The molecule has 1 saturated heterocycles. The largest absolute Gasteiger partial charge is 0.493 e. The first kappa shape index (κ1) is 27.2. The van der Waals surface area contributed by atoms with Gasteiger partial charge < -0.3 is 24.8 Å². The van der Waals surface area contributed by atoms with Crippen molar-refractivity contribution in [2.24, 2.45) is 4.99 Å². The van der Waals surface area contributed by atoms with Crippen molar-refractivity contribution in [3.05, 3.63) is 59.7 Å². The maximum atomic E-state index is 6.05. The van der Waals surface area contributed by atoms with E-state index in [0.717, 1.165) is 56.9 Å². The fraction of sp³-hybridized carbons (Fsp3) is 0.480. The van der Waals surface area contributed by atoms with Crippen LogP contribution in [0.3, 0.4) is 0 Å². The van der Waals surface area contributed by atoms with Gasteiger partial charge in [-0.1, -0.05) is 36.4 Å². The zero-order chi connectivity index (χ0) is 22.6. The van der Waals surface area contributed by atoms with E-state index in [1.165, 1.54) is 11.1 Å². The highest BCUT2D eigenvalue weighted by molar-refractivity contribution is 14.0. The number of methoxy groups -OCH3 is 1. The van der Waals surface area contributed by atoms with E-state index in [1.807, 2.05) is 31.2 Å². The third-order valence-corrected chi connectivity index (χ3v) is 5.32. The van der Waals surface area contributed by atoms with Gasteiger partial charge in [-0.2, -0.15) is 0 Å². The molecule has 1 heterocycles. The van der Waals surface area contributed by atoms with Crippen LogP contribution in [0.25, 0.3) is 0 Å². The van der Waals surface area contributed by atoms with Crippen molar-refractivity contribution in [1.82, 2.24) is 15.5 Å². The Bertz CT molecular complexity index is 859. The van der Waals surface area contributed by atoms with Crippen molar-refractivity contribution in [3.8, 4) is 11.5 Å². The summed E-state index contributed by atoms with van der Waals surface area (Å²) in [6.45, 7) is 10.6. The van der Waals surface area contributed by atoms with Gasteiger partial charge in [-0.15, -0.1) is 24.0 Å². The molecule has 0 spiro atoms. The Kier molecular flexibility index (Phi) is 12.3. The zero-order valence-electron chi connectivity index (χ0n) is 19.9. The number of nitrogens with zero attached hydrogens (tertiary/aromatic N) is 2. The molecule has 3 rings (SSSR count). The summed E-state index contributed by atoms with van der Waals surface area (Å²) in [4.78, 5) is 7.26. The minimum atomic E-state index is -0.0521. The maximum absolute atomic E-state index is 6.05. The lowest BCUT2D eigenvalue weighted by molar-refractivity contribution is 0.0341. The van der Waals surface area contributed by atoms with Gasteiger partial charge in [0.05, 0.1) is 33.4 Å². The van der Waals surface area contributed by atoms with Gasteiger partial charge in [0.15, 0.2) is 17.5 Å². The van der Waals surface area contributed by atoms with E-state index < -0.39 is 0 Å². The maximum Gasteiger partial charge on any atom is 0.191 e. The second-order valence-corrected chi connectivity index (χ2v) is 7.81. The Morgan fingerprint density at radius 3 is 2.39 bits per heavy atom. The molecule has 8 heteroatoms. The first-order valence-corrected chi connectivity index (χ1v) is 11.4. The van der Waals surface area contributed by atoms with Gasteiger partial charge in [0.1, 0.15) is 6.10 Å². The Labute approximate surface area is 214 Å². The average molecular weight is 569 g/mol. The van der Waals surface area contributed by atoms with E-state index in [9.17, 15) is 0 Å². The summed E-state index contributed by atoms with van der Waals surface area (Å²) in [5.41, 5.74) is 2.57. The Hall–Kier alpha value is -2.04. The van der Waals surface area contributed by atoms with Crippen molar-refractivity contribution in [1.29, 1.82) is 0 Å². The van der Waals surface area contributed by atoms with Crippen molar-refractivity contribution in [2.75, 3.05) is 46.5 Å². The highest BCUT2D eigenvalue weighted by Crippen LogP contribution is 2.26. The van der Waals surface area contributed by atoms with Crippen LogP contribution >= 0.6 is 24.0 Å². The first-order chi connectivity index (χ1) is 15.7. The van der Waals surface area contributed by atoms with E-state index in [0.29, 0.717) is 13.1 Å². The van der Waals surface area contributed by atoms with Crippen LogP contribution in [-0.2, 0) is 17.8 Å². The minimum absolute atomic E-state index is 0. The van der Waals surface area contributed by atoms with E-state index in [1.54, 1.807) is 7.11 Å². The second kappa shape index (κ2) is 15.0. The number of hydrogen-bond donors (Lipinski definition) is 2. The number of aliphatic imine (C=N–C) groups is 1. The highest BCUT2D eigenvalue weighted by Gasteiger charge is 2.13. The van der Waals surface area contributed by atoms with Crippen molar-refractivity contribution in [2.45, 2.75) is 33.0 Å². The minimum Gasteiger partial charge on any atom is -0.493 e. The average Bonchev–Trinajstić information content (AvgIpc) is 2.82. The monoisotopic (exact) mass is 568 g/mol. The normalized spacial score (nSPS) is 15.3. The standard InChI is InChI=1S/C25H36N4O3.HI/c1-4-26-25(27-17-20(2)32-24-12-8-7-11-23(24)30-3)28-18-21-9-5-6-10-22(21)19-29-13-15-31-16-14-29;/h5-12,20H,4,13-19H2,1-3H3,(H2,26,27,28);1H. The number of benzene rings is 2. The molecule has 1 atom stereocenters. The number of ether oxygens (including phenoxy) is 3. The number of hydrogen-bond acceptors (Lipinski definition) is 5. The molecule has 0 aromatic heterocycles. The number of rotatable bonds is 10. The third-order valence-electron chi connectivity index (χ3n) is 5.32. The number of para-hydroxylation sites is 2. The fourth-order valence-corrected chi connectivity index (χ4v) is 3.59. The summed E-state index contributed by atoms with van der Waals surface area (Å²) in [5.74, 6) is 2.25. The third kappa shape index (κ3) is 9.02. The van der Waals surface area contributed by atoms with E-state index in [2.05, 4.69) is 46.7 Å². The van der Waals surface area contributed by atoms with Gasteiger partial charge in [0.25, 0.3) is 0 Å². The van der Waals surface area contributed by atoms with Gasteiger partial charge >= 0.3 is 0 Å².